The molecule has 1 unspecified atom stereocenters. The average Bonchev–Trinajstić information content (AvgIpc) is 2.99. The normalized spacial score (nSPS) is 17.0. The highest BCUT2D eigenvalue weighted by atomic mass is 35.5. The molecular weight excluding hydrogens is 296 g/mol. The molecule has 1 aromatic rings. The fourth-order valence-corrected chi connectivity index (χ4v) is 3.46. The molecule has 1 aliphatic rings. The van der Waals surface area contributed by atoms with Gasteiger partial charge in [0, 0.05) is 30.2 Å². The Balaban J connectivity index is 2.01. The molecule has 1 aromatic carbocycles. The predicted octanol–water partition coefficient (Wildman–Crippen LogP) is 3.92. The van der Waals surface area contributed by atoms with Gasteiger partial charge in [0.2, 0.25) is 0 Å². The number of hydrogen-bond acceptors (Lipinski definition) is 2. The monoisotopic (exact) mass is 322 g/mol. The highest BCUT2D eigenvalue weighted by molar-refractivity contribution is 6.30. The van der Waals surface area contributed by atoms with Gasteiger partial charge in [0.15, 0.2) is 0 Å². The summed E-state index contributed by atoms with van der Waals surface area (Å²) in [6.07, 6.45) is 3.65. The molecule has 4 heteroatoms. The number of hydrogen-bond donors (Lipinski definition) is 0. The average molecular weight is 323 g/mol. The van der Waals surface area contributed by atoms with Crippen LogP contribution in [0, 0.1) is 5.92 Å². The van der Waals surface area contributed by atoms with Gasteiger partial charge in [-0.3, -0.25) is 4.79 Å². The van der Waals surface area contributed by atoms with Crippen molar-refractivity contribution < 1.29 is 4.79 Å². The molecule has 1 amide bonds. The Morgan fingerprint density at radius 1 is 1.32 bits per heavy atom. The van der Waals surface area contributed by atoms with Crippen molar-refractivity contribution >= 4 is 17.5 Å². The van der Waals surface area contributed by atoms with Crippen molar-refractivity contribution in [1.82, 2.24) is 9.80 Å². The summed E-state index contributed by atoms with van der Waals surface area (Å²) in [7, 11) is 1.91. The van der Waals surface area contributed by atoms with Crippen LogP contribution in [0.2, 0.25) is 5.02 Å². The van der Waals surface area contributed by atoms with Crippen LogP contribution >= 0.6 is 11.6 Å². The second-order valence-corrected chi connectivity index (χ2v) is 7.01. The highest BCUT2D eigenvalue weighted by Gasteiger charge is 2.25. The maximum Gasteiger partial charge on any atom is 0.253 e. The number of nitrogens with zero attached hydrogens (tertiary/aromatic N) is 2. The molecule has 1 fully saturated rings. The van der Waals surface area contributed by atoms with E-state index < -0.39 is 0 Å². The maximum absolute atomic E-state index is 12.7. The quantitative estimate of drug-likeness (QED) is 0.792. The molecule has 0 N–H and O–H groups in total. The van der Waals surface area contributed by atoms with E-state index in [0.29, 0.717) is 16.5 Å². The van der Waals surface area contributed by atoms with E-state index in [-0.39, 0.29) is 11.9 Å². The Kier molecular flexibility index (Phi) is 6.27. The zero-order valence-electron chi connectivity index (χ0n) is 13.9. The van der Waals surface area contributed by atoms with Crippen LogP contribution in [0.25, 0.3) is 0 Å². The number of benzene rings is 1. The summed E-state index contributed by atoms with van der Waals surface area (Å²) in [5.74, 6) is 0.498. The van der Waals surface area contributed by atoms with Crippen LogP contribution in [0.4, 0.5) is 0 Å². The lowest BCUT2D eigenvalue weighted by molar-refractivity contribution is 0.0666. The topological polar surface area (TPSA) is 23.6 Å². The first-order chi connectivity index (χ1) is 10.5. The minimum absolute atomic E-state index is 0.0580. The Morgan fingerprint density at radius 3 is 2.59 bits per heavy atom. The van der Waals surface area contributed by atoms with E-state index in [0.717, 1.165) is 13.0 Å². The minimum atomic E-state index is 0.0580. The van der Waals surface area contributed by atoms with Gasteiger partial charge in [-0.2, -0.15) is 0 Å². The van der Waals surface area contributed by atoms with Gasteiger partial charge in [0.25, 0.3) is 5.91 Å². The molecule has 22 heavy (non-hydrogen) atoms. The van der Waals surface area contributed by atoms with Crippen LogP contribution in [0.3, 0.4) is 0 Å². The predicted molar refractivity (Wildman–Crippen MR) is 92.5 cm³/mol. The third kappa shape index (κ3) is 4.47. The van der Waals surface area contributed by atoms with E-state index in [1.54, 1.807) is 12.1 Å². The number of amides is 1. The van der Waals surface area contributed by atoms with Crippen LogP contribution in [-0.2, 0) is 0 Å². The van der Waals surface area contributed by atoms with Crippen molar-refractivity contribution in [2.75, 3.05) is 26.7 Å². The van der Waals surface area contributed by atoms with Gasteiger partial charge >= 0.3 is 0 Å². The van der Waals surface area contributed by atoms with E-state index in [9.17, 15) is 4.79 Å². The largest absolute Gasteiger partial charge is 0.338 e. The summed E-state index contributed by atoms with van der Waals surface area (Å²) in [5, 5.41) is 0.609. The second kappa shape index (κ2) is 7.98. The molecule has 0 saturated carbocycles. The first-order valence-electron chi connectivity index (χ1n) is 8.24. The number of carbonyl (C=O) groups excluding carboxylic acids is 1. The molecule has 122 valence electrons. The lowest BCUT2D eigenvalue weighted by atomic mass is 9.98. The molecule has 1 aliphatic heterocycles. The van der Waals surface area contributed by atoms with E-state index in [4.69, 9.17) is 11.6 Å². The number of halogens is 1. The fourth-order valence-electron chi connectivity index (χ4n) is 3.27. The molecule has 0 spiro atoms. The summed E-state index contributed by atoms with van der Waals surface area (Å²) in [6, 6.07) is 7.47. The van der Waals surface area contributed by atoms with Gasteiger partial charge in [-0.25, -0.2) is 0 Å². The van der Waals surface area contributed by atoms with E-state index in [1.165, 1.54) is 25.9 Å². The van der Waals surface area contributed by atoms with Crippen molar-refractivity contribution in [3.8, 4) is 0 Å². The SMILES string of the molecule is CC(C)C(CCN1CCCC1)N(C)C(=O)c1cccc(Cl)c1. The summed E-state index contributed by atoms with van der Waals surface area (Å²) in [4.78, 5) is 17.1. The third-order valence-electron chi connectivity index (χ3n) is 4.60. The third-order valence-corrected chi connectivity index (χ3v) is 4.83. The standard InChI is InChI=1S/C18H27ClN2O/c1-14(2)17(9-12-21-10-4-5-11-21)20(3)18(22)15-7-6-8-16(19)13-15/h6-8,13-14,17H,4-5,9-12H2,1-3H3. The molecule has 0 aromatic heterocycles. The second-order valence-electron chi connectivity index (χ2n) is 6.58. The molecule has 0 bridgehead atoms. The number of carbonyl (C=O) groups is 1. The van der Waals surface area contributed by atoms with Gasteiger partial charge in [-0.05, 0) is 56.5 Å². The Hall–Kier alpha value is -1.06. The van der Waals surface area contributed by atoms with E-state index in [1.807, 2.05) is 24.1 Å². The Labute approximate surface area is 139 Å². The van der Waals surface area contributed by atoms with Crippen molar-refractivity contribution in [2.45, 2.75) is 39.2 Å². The minimum Gasteiger partial charge on any atom is -0.338 e. The van der Waals surface area contributed by atoms with Gasteiger partial charge in [-0.1, -0.05) is 31.5 Å². The molecule has 3 nitrogen and oxygen atoms in total. The van der Waals surface area contributed by atoms with Crippen LogP contribution in [0.1, 0.15) is 43.5 Å². The molecule has 1 saturated heterocycles. The fraction of sp³-hybridized carbons (Fsp3) is 0.611. The Bertz CT molecular complexity index is 498. The van der Waals surface area contributed by atoms with Gasteiger partial charge in [0.1, 0.15) is 0 Å². The van der Waals surface area contributed by atoms with Crippen LogP contribution < -0.4 is 0 Å². The summed E-state index contributed by atoms with van der Waals surface area (Å²) >= 11 is 6.01. The van der Waals surface area contributed by atoms with Crippen LogP contribution in [0.5, 0.6) is 0 Å². The highest BCUT2D eigenvalue weighted by Crippen LogP contribution is 2.19. The van der Waals surface area contributed by atoms with Crippen molar-refractivity contribution in [3.63, 3.8) is 0 Å². The zero-order valence-corrected chi connectivity index (χ0v) is 14.6. The van der Waals surface area contributed by atoms with Gasteiger partial charge < -0.3 is 9.80 Å². The van der Waals surface area contributed by atoms with Gasteiger partial charge in [-0.15, -0.1) is 0 Å². The summed E-state index contributed by atoms with van der Waals surface area (Å²) in [6.45, 7) is 7.87. The van der Waals surface area contributed by atoms with Crippen molar-refractivity contribution in [3.05, 3.63) is 34.9 Å². The number of likely N-dealkylation sites (tertiary alicyclic amines) is 1. The summed E-state index contributed by atoms with van der Waals surface area (Å²) < 4.78 is 0. The van der Waals surface area contributed by atoms with Crippen LogP contribution in [0.15, 0.2) is 24.3 Å². The molecule has 1 heterocycles. The van der Waals surface area contributed by atoms with Crippen molar-refractivity contribution in [1.29, 1.82) is 0 Å². The lowest BCUT2D eigenvalue weighted by Crippen LogP contribution is -2.42. The van der Waals surface area contributed by atoms with E-state index in [2.05, 4.69) is 18.7 Å². The molecule has 2 rings (SSSR count). The first-order valence-corrected chi connectivity index (χ1v) is 8.62. The smallest absolute Gasteiger partial charge is 0.253 e. The molecule has 0 radical (unpaired) electrons. The zero-order chi connectivity index (χ0) is 16.1. The van der Waals surface area contributed by atoms with E-state index >= 15 is 0 Å². The molecular formula is C18H27ClN2O. The number of rotatable bonds is 6. The lowest BCUT2D eigenvalue weighted by Gasteiger charge is -2.33. The molecule has 1 atom stereocenters. The summed E-state index contributed by atoms with van der Waals surface area (Å²) in [5.41, 5.74) is 0.668. The first kappa shape index (κ1) is 17.3. The maximum atomic E-state index is 12.7. The van der Waals surface area contributed by atoms with Crippen LogP contribution in [-0.4, -0.2) is 48.4 Å². The van der Waals surface area contributed by atoms with Crippen molar-refractivity contribution in [2.24, 2.45) is 5.92 Å². The Morgan fingerprint density at radius 2 is 2.00 bits per heavy atom. The van der Waals surface area contributed by atoms with Gasteiger partial charge in [0.05, 0.1) is 0 Å². The molecule has 0 aliphatic carbocycles.